The molecule has 0 N–H and O–H groups in total. The van der Waals surface area contributed by atoms with Crippen LogP contribution in [0.5, 0.6) is 0 Å². The first-order valence-electron chi connectivity index (χ1n) is 6.44. The van der Waals surface area contributed by atoms with Crippen LogP contribution in [0, 0.1) is 17.8 Å². The molecule has 0 aliphatic heterocycles. The summed E-state index contributed by atoms with van der Waals surface area (Å²) in [5, 5.41) is 0. The Morgan fingerprint density at radius 1 is 1.06 bits per heavy atom. The average Bonchev–Trinajstić information content (AvgIpc) is 3.04. The molecule has 0 spiro atoms. The number of benzene rings is 1. The van der Waals surface area contributed by atoms with Crippen LogP contribution in [0.15, 0.2) is 30.3 Å². The highest BCUT2D eigenvalue weighted by atomic mass is 16.1. The molecule has 1 heteroatoms. The van der Waals surface area contributed by atoms with Gasteiger partial charge in [0, 0.05) is 12.0 Å². The Bertz CT molecular complexity index is 370. The standard InChI is InChI=1S/C15H18O/c16-15(11-6-2-1-3-7-11)10-14-12-8-4-5-9-13(12)14/h1-3,6-7,12-14H,4-5,8-10H2/t12-,13-/m0/s1. The van der Waals surface area contributed by atoms with Crippen LogP contribution in [0.3, 0.4) is 0 Å². The van der Waals surface area contributed by atoms with Gasteiger partial charge in [-0.15, -0.1) is 0 Å². The molecule has 0 unspecified atom stereocenters. The summed E-state index contributed by atoms with van der Waals surface area (Å²) in [5.74, 6) is 2.85. The van der Waals surface area contributed by atoms with Gasteiger partial charge in [0.2, 0.25) is 0 Å². The Hall–Kier alpha value is -1.11. The van der Waals surface area contributed by atoms with Gasteiger partial charge in [0.15, 0.2) is 5.78 Å². The lowest BCUT2D eigenvalue weighted by atomic mass is 10.0. The zero-order chi connectivity index (χ0) is 11.0. The molecule has 2 aliphatic carbocycles. The van der Waals surface area contributed by atoms with Crippen molar-refractivity contribution < 1.29 is 4.79 Å². The first kappa shape index (κ1) is 10.1. The van der Waals surface area contributed by atoms with E-state index in [-0.39, 0.29) is 0 Å². The van der Waals surface area contributed by atoms with E-state index in [9.17, 15) is 4.79 Å². The van der Waals surface area contributed by atoms with Gasteiger partial charge in [-0.2, -0.15) is 0 Å². The maximum Gasteiger partial charge on any atom is 0.163 e. The molecular weight excluding hydrogens is 196 g/mol. The van der Waals surface area contributed by atoms with E-state index >= 15 is 0 Å². The fourth-order valence-electron chi connectivity index (χ4n) is 3.40. The lowest BCUT2D eigenvalue weighted by Gasteiger charge is -2.04. The summed E-state index contributed by atoms with van der Waals surface area (Å²) >= 11 is 0. The average molecular weight is 214 g/mol. The third-order valence-corrected chi connectivity index (χ3v) is 4.35. The fourth-order valence-corrected chi connectivity index (χ4v) is 3.40. The van der Waals surface area contributed by atoms with Gasteiger partial charge < -0.3 is 0 Å². The number of fused-ring (bicyclic) bond motifs is 1. The second kappa shape index (κ2) is 4.04. The Labute approximate surface area is 96.9 Å². The van der Waals surface area contributed by atoms with Gasteiger partial charge in [0.25, 0.3) is 0 Å². The van der Waals surface area contributed by atoms with Gasteiger partial charge in [-0.05, 0) is 30.6 Å². The normalized spacial score (nSPS) is 31.9. The zero-order valence-corrected chi connectivity index (χ0v) is 9.56. The maximum absolute atomic E-state index is 12.0. The third kappa shape index (κ3) is 1.79. The van der Waals surface area contributed by atoms with E-state index in [0.717, 1.165) is 29.7 Å². The van der Waals surface area contributed by atoms with Crippen molar-refractivity contribution in [3.8, 4) is 0 Å². The van der Waals surface area contributed by atoms with Crippen LogP contribution in [0.1, 0.15) is 42.5 Å². The van der Waals surface area contributed by atoms with Crippen molar-refractivity contribution >= 4 is 5.78 Å². The highest BCUT2D eigenvalue weighted by Crippen LogP contribution is 2.57. The molecule has 16 heavy (non-hydrogen) atoms. The number of rotatable bonds is 3. The number of carbonyl (C=O) groups excluding carboxylic acids is 1. The summed E-state index contributed by atoms with van der Waals surface area (Å²) in [6.07, 6.45) is 6.31. The largest absolute Gasteiger partial charge is 0.294 e. The van der Waals surface area contributed by atoms with E-state index in [4.69, 9.17) is 0 Å². The smallest absolute Gasteiger partial charge is 0.163 e. The molecule has 0 aromatic heterocycles. The van der Waals surface area contributed by atoms with Crippen LogP contribution in [-0.4, -0.2) is 5.78 Å². The molecule has 2 fully saturated rings. The van der Waals surface area contributed by atoms with Gasteiger partial charge >= 0.3 is 0 Å². The molecule has 0 heterocycles. The molecule has 0 bridgehead atoms. The molecule has 0 radical (unpaired) electrons. The first-order chi connectivity index (χ1) is 7.86. The predicted molar refractivity (Wildman–Crippen MR) is 64.3 cm³/mol. The van der Waals surface area contributed by atoms with Crippen LogP contribution < -0.4 is 0 Å². The molecule has 84 valence electrons. The van der Waals surface area contributed by atoms with Crippen molar-refractivity contribution in [3.05, 3.63) is 35.9 Å². The molecule has 1 nitrogen and oxygen atoms in total. The van der Waals surface area contributed by atoms with E-state index in [1.807, 2.05) is 30.3 Å². The van der Waals surface area contributed by atoms with Crippen LogP contribution in [0.4, 0.5) is 0 Å². The molecule has 1 aromatic carbocycles. The number of Topliss-reactive ketones (excluding diaryl/α,β-unsaturated/α-hetero) is 1. The fraction of sp³-hybridized carbons (Fsp3) is 0.533. The van der Waals surface area contributed by atoms with Crippen molar-refractivity contribution in [2.45, 2.75) is 32.1 Å². The minimum atomic E-state index is 0.347. The second-order valence-corrected chi connectivity index (χ2v) is 5.27. The first-order valence-corrected chi connectivity index (χ1v) is 6.44. The molecular formula is C15H18O. The van der Waals surface area contributed by atoms with Crippen molar-refractivity contribution in [1.82, 2.24) is 0 Å². The number of hydrogen-bond acceptors (Lipinski definition) is 1. The Morgan fingerprint density at radius 2 is 1.69 bits per heavy atom. The topological polar surface area (TPSA) is 17.1 Å². The minimum absolute atomic E-state index is 0.347. The summed E-state index contributed by atoms with van der Waals surface area (Å²) < 4.78 is 0. The van der Waals surface area contributed by atoms with E-state index in [1.165, 1.54) is 25.7 Å². The summed E-state index contributed by atoms with van der Waals surface area (Å²) in [6.45, 7) is 0. The predicted octanol–water partition coefficient (Wildman–Crippen LogP) is 3.70. The monoisotopic (exact) mass is 214 g/mol. The number of ketones is 1. The van der Waals surface area contributed by atoms with Gasteiger partial charge in [-0.1, -0.05) is 43.2 Å². The second-order valence-electron chi connectivity index (χ2n) is 5.27. The van der Waals surface area contributed by atoms with Crippen LogP contribution >= 0.6 is 0 Å². The van der Waals surface area contributed by atoms with E-state index in [0.29, 0.717) is 5.78 Å². The van der Waals surface area contributed by atoms with Crippen molar-refractivity contribution in [3.63, 3.8) is 0 Å². The highest BCUT2D eigenvalue weighted by Gasteiger charge is 2.50. The molecule has 2 saturated carbocycles. The SMILES string of the molecule is O=C(CC1[C@H]2CCCC[C@H]12)c1ccccc1. The Morgan fingerprint density at radius 3 is 2.31 bits per heavy atom. The molecule has 0 amide bonds. The summed E-state index contributed by atoms with van der Waals surface area (Å²) in [7, 11) is 0. The Balaban J connectivity index is 1.62. The van der Waals surface area contributed by atoms with Crippen molar-refractivity contribution in [2.24, 2.45) is 17.8 Å². The van der Waals surface area contributed by atoms with Gasteiger partial charge in [-0.3, -0.25) is 4.79 Å². The number of hydrogen-bond donors (Lipinski definition) is 0. The quantitative estimate of drug-likeness (QED) is 0.701. The summed E-state index contributed by atoms with van der Waals surface area (Å²) in [5.41, 5.74) is 0.895. The molecule has 2 aliphatic rings. The van der Waals surface area contributed by atoms with Crippen LogP contribution in [0.25, 0.3) is 0 Å². The molecule has 0 saturated heterocycles. The molecule has 1 aromatic rings. The van der Waals surface area contributed by atoms with E-state index in [2.05, 4.69) is 0 Å². The van der Waals surface area contributed by atoms with Crippen molar-refractivity contribution in [1.29, 1.82) is 0 Å². The van der Waals surface area contributed by atoms with Gasteiger partial charge in [0.05, 0.1) is 0 Å². The van der Waals surface area contributed by atoms with E-state index in [1.54, 1.807) is 0 Å². The zero-order valence-electron chi connectivity index (χ0n) is 9.56. The number of carbonyl (C=O) groups is 1. The summed E-state index contributed by atoms with van der Waals surface area (Å²) in [4.78, 5) is 12.0. The van der Waals surface area contributed by atoms with Gasteiger partial charge in [0.1, 0.15) is 0 Å². The van der Waals surface area contributed by atoms with E-state index < -0.39 is 0 Å². The summed E-state index contributed by atoms with van der Waals surface area (Å²) in [6, 6.07) is 9.75. The molecule has 2 atom stereocenters. The lowest BCUT2D eigenvalue weighted by molar-refractivity contribution is 0.0972. The van der Waals surface area contributed by atoms with Crippen LogP contribution in [-0.2, 0) is 0 Å². The highest BCUT2D eigenvalue weighted by molar-refractivity contribution is 5.96. The maximum atomic E-state index is 12.0. The lowest BCUT2D eigenvalue weighted by Crippen LogP contribution is -2.00. The van der Waals surface area contributed by atoms with Crippen LogP contribution in [0.2, 0.25) is 0 Å². The molecule has 3 rings (SSSR count). The third-order valence-electron chi connectivity index (χ3n) is 4.35. The van der Waals surface area contributed by atoms with Crippen molar-refractivity contribution in [2.75, 3.05) is 0 Å². The van der Waals surface area contributed by atoms with Gasteiger partial charge in [-0.25, -0.2) is 0 Å². The Kier molecular flexibility index (Phi) is 2.55. The minimum Gasteiger partial charge on any atom is -0.294 e.